The van der Waals surface area contributed by atoms with Crippen molar-refractivity contribution in [1.82, 2.24) is 4.90 Å². The molecule has 1 amide bonds. The number of β-amino-alcohol motifs (C(OH)–C–C–N with tert-alkyl or cyclic N) is 1. The van der Waals surface area contributed by atoms with Gasteiger partial charge in [0.25, 0.3) is 0 Å². The van der Waals surface area contributed by atoms with Crippen molar-refractivity contribution in [2.45, 2.75) is 38.7 Å². The Hall–Kier alpha value is -1.10. The molecule has 0 unspecified atom stereocenters. The zero-order chi connectivity index (χ0) is 12.2. The minimum atomic E-state index is -0.709. The van der Waals surface area contributed by atoms with Crippen LogP contribution in [0.2, 0.25) is 0 Å². The SMILES string of the molecule is CCOC(=O)CCC(=O)N1CC(O)(CC)C1. The second-order valence-corrected chi connectivity index (χ2v) is 4.13. The maximum atomic E-state index is 11.5. The number of aliphatic hydroxyl groups is 1. The summed E-state index contributed by atoms with van der Waals surface area (Å²) in [5.74, 6) is -0.437. The summed E-state index contributed by atoms with van der Waals surface area (Å²) in [5, 5.41) is 9.71. The van der Waals surface area contributed by atoms with E-state index in [9.17, 15) is 14.7 Å². The number of carbonyl (C=O) groups excluding carboxylic acids is 2. The monoisotopic (exact) mass is 229 g/mol. The molecule has 0 aliphatic carbocycles. The summed E-state index contributed by atoms with van der Waals surface area (Å²) in [6, 6.07) is 0. The first-order valence-electron chi connectivity index (χ1n) is 5.66. The summed E-state index contributed by atoms with van der Waals surface area (Å²) in [4.78, 5) is 24.1. The Balaban J connectivity index is 2.21. The van der Waals surface area contributed by atoms with Gasteiger partial charge < -0.3 is 14.7 Å². The Kier molecular flexibility index (Phi) is 4.29. The molecule has 0 aromatic carbocycles. The van der Waals surface area contributed by atoms with Gasteiger partial charge in [-0.1, -0.05) is 6.92 Å². The van der Waals surface area contributed by atoms with Crippen molar-refractivity contribution in [1.29, 1.82) is 0 Å². The molecule has 92 valence electrons. The van der Waals surface area contributed by atoms with Crippen molar-refractivity contribution in [3.8, 4) is 0 Å². The average molecular weight is 229 g/mol. The van der Waals surface area contributed by atoms with Crippen LogP contribution in [0.25, 0.3) is 0 Å². The van der Waals surface area contributed by atoms with Crippen LogP contribution in [0.3, 0.4) is 0 Å². The predicted octanol–water partition coefficient (Wildman–Crippen LogP) is 0.313. The third-order valence-electron chi connectivity index (χ3n) is 2.83. The van der Waals surface area contributed by atoms with Crippen LogP contribution in [0, 0.1) is 0 Å². The third-order valence-corrected chi connectivity index (χ3v) is 2.83. The number of hydrogen-bond donors (Lipinski definition) is 1. The van der Waals surface area contributed by atoms with Crippen LogP contribution in [0.4, 0.5) is 0 Å². The van der Waals surface area contributed by atoms with Crippen molar-refractivity contribution in [2.75, 3.05) is 19.7 Å². The summed E-state index contributed by atoms with van der Waals surface area (Å²) < 4.78 is 4.73. The van der Waals surface area contributed by atoms with Crippen LogP contribution in [0.5, 0.6) is 0 Å². The maximum absolute atomic E-state index is 11.5. The lowest BCUT2D eigenvalue weighted by Crippen LogP contribution is -2.63. The Morgan fingerprint density at radius 3 is 2.44 bits per heavy atom. The van der Waals surface area contributed by atoms with Gasteiger partial charge in [0.1, 0.15) is 0 Å². The highest BCUT2D eigenvalue weighted by atomic mass is 16.5. The van der Waals surface area contributed by atoms with Gasteiger partial charge in [0.2, 0.25) is 5.91 Å². The van der Waals surface area contributed by atoms with Gasteiger partial charge in [0.15, 0.2) is 0 Å². The van der Waals surface area contributed by atoms with Crippen molar-refractivity contribution < 1.29 is 19.4 Å². The number of esters is 1. The van der Waals surface area contributed by atoms with Gasteiger partial charge in [-0.05, 0) is 13.3 Å². The second kappa shape index (κ2) is 5.30. The molecule has 5 nitrogen and oxygen atoms in total. The fourth-order valence-electron chi connectivity index (χ4n) is 1.66. The van der Waals surface area contributed by atoms with Gasteiger partial charge in [-0.15, -0.1) is 0 Å². The Labute approximate surface area is 95.4 Å². The Morgan fingerprint density at radius 1 is 1.31 bits per heavy atom. The quantitative estimate of drug-likeness (QED) is 0.689. The summed E-state index contributed by atoms with van der Waals surface area (Å²) >= 11 is 0. The van der Waals surface area contributed by atoms with E-state index in [0.29, 0.717) is 26.1 Å². The van der Waals surface area contributed by atoms with E-state index in [2.05, 4.69) is 0 Å². The molecule has 0 aromatic rings. The van der Waals surface area contributed by atoms with E-state index in [0.717, 1.165) is 0 Å². The van der Waals surface area contributed by atoms with Crippen molar-refractivity contribution in [3.63, 3.8) is 0 Å². The molecule has 1 heterocycles. The smallest absolute Gasteiger partial charge is 0.306 e. The molecule has 16 heavy (non-hydrogen) atoms. The number of likely N-dealkylation sites (tertiary alicyclic amines) is 1. The minimum absolute atomic E-state index is 0.0915. The van der Waals surface area contributed by atoms with Crippen LogP contribution in [-0.2, 0) is 14.3 Å². The topological polar surface area (TPSA) is 66.8 Å². The van der Waals surface area contributed by atoms with Gasteiger partial charge in [-0.3, -0.25) is 9.59 Å². The van der Waals surface area contributed by atoms with Crippen LogP contribution in [0.15, 0.2) is 0 Å². The fourth-order valence-corrected chi connectivity index (χ4v) is 1.66. The highest BCUT2D eigenvalue weighted by Crippen LogP contribution is 2.24. The van der Waals surface area contributed by atoms with Crippen LogP contribution < -0.4 is 0 Å². The molecule has 0 bridgehead atoms. The van der Waals surface area contributed by atoms with Crippen molar-refractivity contribution in [2.24, 2.45) is 0 Å². The number of nitrogens with zero attached hydrogens (tertiary/aromatic N) is 1. The Morgan fingerprint density at radius 2 is 1.94 bits per heavy atom. The maximum Gasteiger partial charge on any atom is 0.306 e. The van der Waals surface area contributed by atoms with Gasteiger partial charge in [0.05, 0.1) is 31.7 Å². The largest absolute Gasteiger partial charge is 0.466 e. The predicted molar refractivity (Wildman–Crippen MR) is 57.7 cm³/mol. The van der Waals surface area contributed by atoms with E-state index >= 15 is 0 Å². The first kappa shape index (κ1) is 13.0. The van der Waals surface area contributed by atoms with Crippen molar-refractivity contribution >= 4 is 11.9 Å². The van der Waals surface area contributed by atoms with Gasteiger partial charge >= 0.3 is 5.97 Å². The van der Waals surface area contributed by atoms with Gasteiger partial charge in [-0.25, -0.2) is 0 Å². The minimum Gasteiger partial charge on any atom is -0.466 e. The summed E-state index contributed by atoms with van der Waals surface area (Å²) in [7, 11) is 0. The first-order chi connectivity index (χ1) is 7.50. The van der Waals surface area contributed by atoms with E-state index in [1.165, 1.54) is 0 Å². The molecule has 1 N–H and O–H groups in total. The molecular weight excluding hydrogens is 210 g/mol. The highest BCUT2D eigenvalue weighted by Gasteiger charge is 2.41. The fraction of sp³-hybridized carbons (Fsp3) is 0.818. The van der Waals surface area contributed by atoms with E-state index < -0.39 is 5.60 Å². The molecule has 1 rings (SSSR count). The Bertz CT molecular complexity index is 271. The second-order valence-electron chi connectivity index (χ2n) is 4.13. The van der Waals surface area contributed by atoms with E-state index in [1.807, 2.05) is 6.92 Å². The van der Waals surface area contributed by atoms with E-state index in [-0.39, 0.29) is 24.7 Å². The molecule has 0 spiro atoms. The summed E-state index contributed by atoms with van der Waals surface area (Å²) in [6.45, 7) is 4.72. The molecule has 1 fully saturated rings. The normalized spacial score (nSPS) is 17.8. The number of rotatable bonds is 5. The zero-order valence-electron chi connectivity index (χ0n) is 9.86. The van der Waals surface area contributed by atoms with Gasteiger partial charge in [0, 0.05) is 6.42 Å². The molecule has 0 saturated carbocycles. The lowest BCUT2D eigenvalue weighted by Gasteiger charge is -2.46. The number of amides is 1. The number of carbonyl (C=O) groups is 2. The molecule has 0 aromatic heterocycles. The average Bonchev–Trinajstić information content (AvgIpc) is 2.22. The summed E-state index contributed by atoms with van der Waals surface area (Å²) in [6.07, 6.45) is 0.932. The molecule has 0 radical (unpaired) electrons. The summed E-state index contributed by atoms with van der Waals surface area (Å²) in [5.41, 5.74) is -0.709. The molecule has 1 saturated heterocycles. The molecular formula is C11H19NO4. The molecule has 0 atom stereocenters. The third kappa shape index (κ3) is 3.20. The van der Waals surface area contributed by atoms with Crippen molar-refractivity contribution in [3.05, 3.63) is 0 Å². The van der Waals surface area contributed by atoms with Crippen LogP contribution >= 0.6 is 0 Å². The van der Waals surface area contributed by atoms with Crippen LogP contribution in [0.1, 0.15) is 33.1 Å². The highest BCUT2D eigenvalue weighted by molar-refractivity contribution is 5.82. The van der Waals surface area contributed by atoms with E-state index in [1.54, 1.807) is 11.8 Å². The van der Waals surface area contributed by atoms with E-state index in [4.69, 9.17) is 4.74 Å². The zero-order valence-corrected chi connectivity index (χ0v) is 9.86. The standard InChI is InChI=1S/C11H19NO4/c1-3-11(15)7-12(8-11)9(13)5-6-10(14)16-4-2/h15H,3-8H2,1-2H3. The molecule has 1 aliphatic heterocycles. The van der Waals surface area contributed by atoms with Gasteiger partial charge in [-0.2, -0.15) is 0 Å². The number of ether oxygens (including phenoxy) is 1. The molecule has 5 heteroatoms. The first-order valence-corrected chi connectivity index (χ1v) is 5.66. The lowest BCUT2D eigenvalue weighted by atomic mass is 9.91. The molecule has 1 aliphatic rings. The number of hydrogen-bond acceptors (Lipinski definition) is 4. The lowest BCUT2D eigenvalue weighted by molar-refractivity contribution is -0.158. The van der Waals surface area contributed by atoms with Crippen LogP contribution in [-0.4, -0.2) is 47.2 Å².